The number of aromatic amines is 1. The van der Waals surface area contributed by atoms with Crippen molar-refractivity contribution in [2.45, 2.75) is 69.1 Å². The molecule has 1 heterocycles. The lowest BCUT2D eigenvalue weighted by Crippen LogP contribution is -2.57. The van der Waals surface area contributed by atoms with Gasteiger partial charge in [-0.05, 0) is 37.3 Å². The molecule has 4 amide bonds. The average molecular weight is 618 g/mol. The number of nitrogens with two attached hydrogens (primary N) is 4. The van der Waals surface area contributed by atoms with Crippen LogP contribution in [0.15, 0.2) is 35.5 Å². The number of primary amides is 1. The quantitative estimate of drug-likeness (QED) is 0.0456. The number of carbonyl (C=O) groups is 6. The lowest BCUT2D eigenvalue weighted by atomic mass is 10.0. The number of nitrogens with one attached hydrogen (secondary N) is 4. The zero-order chi connectivity index (χ0) is 32.8. The Morgan fingerprint density at radius 1 is 0.818 bits per heavy atom. The summed E-state index contributed by atoms with van der Waals surface area (Å²) >= 11 is 0. The molecule has 4 atom stereocenters. The van der Waals surface area contributed by atoms with E-state index in [0.717, 1.165) is 10.9 Å². The molecule has 1 aromatic carbocycles. The van der Waals surface area contributed by atoms with Gasteiger partial charge in [0.05, 0.1) is 6.04 Å². The number of hydrogen-bond donors (Lipinski definition) is 10. The molecule has 1 aromatic heterocycles. The molecule has 0 aliphatic rings. The number of fused-ring (bicyclic) bond motifs is 1. The number of rotatable bonds is 19. The van der Waals surface area contributed by atoms with Gasteiger partial charge >= 0.3 is 11.9 Å². The average Bonchev–Trinajstić information content (AvgIpc) is 3.37. The number of H-pyrrole nitrogens is 1. The van der Waals surface area contributed by atoms with Gasteiger partial charge in [-0.15, -0.1) is 0 Å². The normalized spacial score (nSPS) is 13.6. The molecule has 14 N–H and O–H groups in total. The Bertz CT molecular complexity index is 1370. The van der Waals surface area contributed by atoms with E-state index in [0.29, 0.717) is 5.56 Å². The molecule has 0 aliphatic heterocycles. The van der Waals surface area contributed by atoms with Crippen molar-refractivity contribution in [1.82, 2.24) is 20.9 Å². The molecular formula is C27H39N9O8. The van der Waals surface area contributed by atoms with E-state index >= 15 is 0 Å². The van der Waals surface area contributed by atoms with Gasteiger partial charge < -0.3 is 54.1 Å². The van der Waals surface area contributed by atoms with Crippen LogP contribution in [0.3, 0.4) is 0 Å². The predicted molar refractivity (Wildman–Crippen MR) is 159 cm³/mol. The fourth-order valence-electron chi connectivity index (χ4n) is 4.28. The highest BCUT2D eigenvalue weighted by molar-refractivity contribution is 5.95. The molecule has 2 rings (SSSR count). The van der Waals surface area contributed by atoms with Gasteiger partial charge in [0, 0.05) is 42.9 Å². The van der Waals surface area contributed by atoms with Gasteiger partial charge in [0.25, 0.3) is 0 Å². The van der Waals surface area contributed by atoms with E-state index in [1.807, 2.05) is 12.1 Å². The fourth-order valence-corrected chi connectivity index (χ4v) is 4.28. The SMILES string of the molecule is NC(=O)CCC(NC(=O)C(Cc1c[nH]c2ccccc12)NC(=O)C(N)CCC(=O)O)C(=O)NC(CCCN=C(N)N)C(=O)O. The minimum Gasteiger partial charge on any atom is -0.481 e. The van der Waals surface area contributed by atoms with E-state index in [9.17, 15) is 33.9 Å². The van der Waals surface area contributed by atoms with E-state index in [-0.39, 0.29) is 57.5 Å². The van der Waals surface area contributed by atoms with Crippen molar-refractivity contribution in [3.8, 4) is 0 Å². The van der Waals surface area contributed by atoms with Gasteiger partial charge in [-0.25, -0.2) is 4.79 Å². The van der Waals surface area contributed by atoms with Crippen molar-refractivity contribution in [2.75, 3.05) is 6.54 Å². The molecule has 0 fully saturated rings. The standard InChI is InChI=1S/C27H39N9O8/c28-16(7-10-22(38)39)23(40)36-20(12-14-13-33-17-5-2-1-4-15(14)17)25(42)34-18(8-9-21(29)37)24(41)35-19(26(43)44)6-3-11-32-27(30)31/h1-2,4-5,13,16,18-20,33H,3,6-12,28H2,(H2,29,37)(H,34,42)(H,35,41)(H,36,40)(H,38,39)(H,43,44)(H4,30,31,32). The second-order valence-corrected chi connectivity index (χ2v) is 10.1. The highest BCUT2D eigenvalue weighted by Crippen LogP contribution is 2.19. The third-order valence-corrected chi connectivity index (χ3v) is 6.61. The molecule has 4 unspecified atom stereocenters. The Morgan fingerprint density at radius 2 is 1.45 bits per heavy atom. The Morgan fingerprint density at radius 3 is 2.09 bits per heavy atom. The number of hydrogen-bond acceptors (Lipinski definition) is 8. The van der Waals surface area contributed by atoms with Crippen LogP contribution in [-0.4, -0.2) is 87.4 Å². The number of amides is 4. The molecule has 0 saturated carbocycles. The monoisotopic (exact) mass is 617 g/mol. The number of aromatic nitrogens is 1. The number of nitrogens with zero attached hydrogens (tertiary/aromatic N) is 1. The van der Waals surface area contributed by atoms with Crippen molar-refractivity contribution < 1.29 is 39.0 Å². The van der Waals surface area contributed by atoms with Gasteiger partial charge in [-0.3, -0.25) is 29.0 Å². The van der Waals surface area contributed by atoms with Crippen molar-refractivity contribution in [1.29, 1.82) is 0 Å². The largest absolute Gasteiger partial charge is 0.481 e. The van der Waals surface area contributed by atoms with Crippen LogP contribution in [0.5, 0.6) is 0 Å². The van der Waals surface area contributed by atoms with Gasteiger partial charge in [0.2, 0.25) is 23.6 Å². The van der Waals surface area contributed by atoms with Crippen LogP contribution in [0.1, 0.15) is 44.1 Å². The second-order valence-electron chi connectivity index (χ2n) is 10.1. The summed E-state index contributed by atoms with van der Waals surface area (Å²) in [4.78, 5) is 80.6. The molecule has 0 bridgehead atoms. The lowest BCUT2D eigenvalue weighted by Gasteiger charge is -2.25. The van der Waals surface area contributed by atoms with Crippen LogP contribution < -0.4 is 38.9 Å². The first kappa shape index (κ1) is 35.0. The van der Waals surface area contributed by atoms with Crippen LogP contribution in [0.2, 0.25) is 0 Å². The van der Waals surface area contributed by atoms with Gasteiger partial charge in [0.15, 0.2) is 5.96 Å². The molecule has 0 radical (unpaired) electrons. The van der Waals surface area contributed by atoms with E-state index in [1.165, 1.54) is 0 Å². The molecule has 0 spiro atoms. The first-order chi connectivity index (χ1) is 20.8. The summed E-state index contributed by atoms with van der Waals surface area (Å²) in [6, 6.07) is 1.91. The minimum absolute atomic E-state index is 0.0399. The van der Waals surface area contributed by atoms with E-state index in [2.05, 4.69) is 25.9 Å². The molecule has 17 nitrogen and oxygen atoms in total. The summed E-state index contributed by atoms with van der Waals surface area (Å²) in [6.07, 6.45) is 0.625. The predicted octanol–water partition coefficient (Wildman–Crippen LogP) is -2.24. The van der Waals surface area contributed by atoms with Crippen LogP contribution in [0.25, 0.3) is 10.9 Å². The van der Waals surface area contributed by atoms with Gasteiger partial charge in [-0.2, -0.15) is 0 Å². The Hall–Kier alpha value is -5.19. The lowest BCUT2D eigenvalue weighted by molar-refractivity contribution is -0.142. The second kappa shape index (κ2) is 17.1. The van der Waals surface area contributed by atoms with Crippen molar-refractivity contribution in [2.24, 2.45) is 27.9 Å². The van der Waals surface area contributed by atoms with Gasteiger partial charge in [0.1, 0.15) is 18.1 Å². The maximum Gasteiger partial charge on any atom is 0.326 e. The van der Waals surface area contributed by atoms with E-state index < -0.39 is 59.7 Å². The molecule has 0 aliphatic carbocycles. The number of guanidine groups is 1. The third-order valence-electron chi connectivity index (χ3n) is 6.61. The third kappa shape index (κ3) is 11.6. The summed E-state index contributed by atoms with van der Waals surface area (Å²) < 4.78 is 0. The topological polar surface area (TPSA) is 311 Å². The first-order valence-electron chi connectivity index (χ1n) is 13.8. The summed E-state index contributed by atoms with van der Waals surface area (Å²) in [6.45, 7) is 0.119. The number of para-hydroxylation sites is 1. The van der Waals surface area contributed by atoms with Crippen LogP contribution >= 0.6 is 0 Å². The first-order valence-corrected chi connectivity index (χ1v) is 13.8. The summed E-state index contributed by atoms with van der Waals surface area (Å²) in [5.74, 6) is -5.97. The summed E-state index contributed by atoms with van der Waals surface area (Å²) in [5.41, 5.74) is 23.0. The Balaban J connectivity index is 2.28. The molecule has 44 heavy (non-hydrogen) atoms. The van der Waals surface area contributed by atoms with Crippen LogP contribution in [0, 0.1) is 0 Å². The number of carbonyl (C=O) groups excluding carboxylic acids is 4. The van der Waals surface area contributed by atoms with Crippen molar-refractivity contribution >= 4 is 52.4 Å². The maximum absolute atomic E-state index is 13.6. The van der Waals surface area contributed by atoms with Crippen LogP contribution in [0.4, 0.5) is 0 Å². The number of aliphatic imine (C=N–C) groups is 1. The highest BCUT2D eigenvalue weighted by atomic mass is 16.4. The van der Waals surface area contributed by atoms with Gasteiger partial charge in [-0.1, -0.05) is 18.2 Å². The van der Waals surface area contributed by atoms with Crippen molar-refractivity contribution in [3.63, 3.8) is 0 Å². The fraction of sp³-hybridized carbons (Fsp3) is 0.444. The molecule has 17 heteroatoms. The van der Waals surface area contributed by atoms with E-state index in [4.69, 9.17) is 28.0 Å². The smallest absolute Gasteiger partial charge is 0.326 e. The number of benzene rings is 1. The summed E-state index contributed by atoms with van der Waals surface area (Å²) in [7, 11) is 0. The Labute approximate surface area is 252 Å². The van der Waals surface area contributed by atoms with E-state index in [1.54, 1.807) is 18.3 Å². The maximum atomic E-state index is 13.6. The minimum atomic E-state index is -1.40. The van der Waals surface area contributed by atoms with Crippen LogP contribution in [-0.2, 0) is 35.2 Å². The number of aliphatic carboxylic acids is 2. The Kier molecular flexibility index (Phi) is 13.6. The molecule has 0 saturated heterocycles. The van der Waals surface area contributed by atoms with Crippen molar-refractivity contribution in [3.05, 3.63) is 36.0 Å². The number of carboxylic acids is 2. The molecular weight excluding hydrogens is 578 g/mol. The highest BCUT2D eigenvalue weighted by Gasteiger charge is 2.31. The zero-order valence-corrected chi connectivity index (χ0v) is 24.0. The zero-order valence-electron chi connectivity index (χ0n) is 24.0. The number of carboxylic acid groups (broad SMARTS) is 2. The summed E-state index contributed by atoms with van der Waals surface area (Å²) in [5, 5.41) is 26.6. The molecule has 240 valence electrons. The molecule has 2 aromatic rings.